The third-order valence-corrected chi connectivity index (χ3v) is 5.63. The van der Waals surface area contributed by atoms with Crippen molar-refractivity contribution in [1.29, 1.82) is 0 Å². The fourth-order valence-electron chi connectivity index (χ4n) is 4.01. The van der Waals surface area contributed by atoms with E-state index < -0.39 is 0 Å². The summed E-state index contributed by atoms with van der Waals surface area (Å²) in [5.41, 5.74) is 0.922. The molecule has 4 rings (SSSR count). The largest absolute Gasteiger partial charge is 0.507 e. The summed E-state index contributed by atoms with van der Waals surface area (Å²) >= 11 is 0. The van der Waals surface area contributed by atoms with Crippen molar-refractivity contribution in [2.75, 3.05) is 39.6 Å². The average molecular weight is 463 g/mol. The smallest absolute Gasteiger partial charge is 0.131 e. The highest BCUT2D eigenvalue weighted by atomic mass is 16.5. The Morgan fingerprint density at radius 1 is 0.559 bits per heavy atom. The van der Waals surface area contributed by atoms with Crippen LogP contribution in [0.15, 0.2) is 60.7 Å². The SMILES string of the molecule is CCOCCOc1cc(-c2cc(OCCOCC)c3ccccc3c2O)c(O)c2ccccc12. The van der Waals surface area contributed by atoms with Gasteiger partial charge >= 0.3 is 0 Å². The molecule has 0 saturated carbocycles. The van der Waals surface area contributed by atoms with E-state index in [-0.39, 0.29) is 11.5 Å². The summed E-state index contributed by atoms with van der Waals surface area (Å²) in [5, 5.41) is 25.3. The number of hydrogen-bond acceptors (Lipinski definition) is 6. The van der Waals surface area contributed by atoms with Crippen LogP contribution in [0.3, 0.4) is 0 Å². The zero-order valence-electron chi connectivity index (χ0n) is 19.5. The molecule has 0 unspecified atom stereocenters. The standard InChI is InChI=1S/C28H30O6/c1-3-31-13-15-33-25-17-23(27(29)21-11-7-5-9-19(21)25)24-18-26(34-16-14-32-4-2)20-10-6-8-12-22(20)28(24)30/h5-12,17-18,29-30H,3-4,13-16H2,1-2H3. The van der Waals surface area contributed by atoms with Crippen LogP contribution in [0.25, 0.3) is 32.7 Å². The third kappa shape index (κ3) is 4.88. The second-order valence-corrected chi connectivity index (χ2v) is 7.72. The summed E-state index contributed by atoms with van der Waals surface area (Å²) in [6.45, 7) is 6.76. The van der Waals surface area contributed by atoms with Crippen molar-refractivity contribution in [3.05, 3.63) is 60.7 Å². The van der Waals surface area contributed by atoms with Crippen LogP contribution in [0.1, 0.15) is 13.8 Å². The Morgan fingerprint density at radius 3 is 1.32 bits per heavy atom. The number of fused-ring (bicyclic) bond motifs is 2. The van der Waals surface area contributed by atoms with Crippen molar-refractivity contribution in [3.63, 3.8) is 0 Å². The van der Waals surface area contributed by atoms with Crippen molar-refractivity contribution in [3.8, 4) is 34.1 Å². The monoisotopic (exact) mass is 462 g/mol. The van der Waals surface area contributed by atoms with Gasteiger partial charge in [0.2, 0.25) is 0 Å². The lowest BCUT2D eigenvalue weighted by molar-refractivity contribution is 0.110. The first-order chi connectivity index (χ1) is 16.7. The van der Waals surface area contributed by atoms with Gasteiger partial charge in [-0.1, -0.05) is 48.5 Å². The Kier molecular flexibility index (Phi) is 7.72. The van der Waals surface area contributed by atoms with Crippen LogP contribution < -0.4 is 9.47 Å². The van der Waals surface area contributed by atoms with E-state index in [1.165, 1.54) is 0 Å². The van der Waals surface area contributed by atoms with Gasteiger partial charge in [0.25, 0.3) is 0 Å². The highest BCUT2D eigenvalue weighted by molar-refractivity contribution is 6.04. The normalized spacial score (nSPS) is 11.2. The molecule has 0 amide bonds. The van der Waals surface area contributed by atoms with Crippen LogP contribution in [-0.2, 0) is 9.47 Å². The lowest BCUT2D eigenvalue weighted by atomic mass is 9.95. The molecule has 178 valence electrons. The van der Waals surface area contributed by atoms with E-state index in [4.69, 9.17) is 18.9 Å². The molecule has 0 bridgehead atoms. The van der Waals surface area contributed by atoms with E-state index >= 15 is 0 Å². The lowest BCUT2D eigenvalue weighted by Gasteiger charge is -2.18. The minimum atomic E-state index is 0.0682. The van der Waals surface area contributed by atoms with Crippen molar-refractivity contribution < 1.29 is 29.2 Å². The maximum Gasteiger partial charge on any atom is 0.131 e. The Morgan fingerprint density at radius 2 is 0.941 bits per heavy atom. The molecule has 0 radical (unpaired) electrons. The third-order valence-electron chi connectivity index (χ3n) is 5.63. The number of rotatable bonds is 11. The predicted octanol–water partition coefficient (Wildman–Crippen LogP) is 5.90. The van der Waals surface area contributed by atoms with E-state index in [1.807, 2.05) is 62.4 Å². The minimum absolute atomic E-state index is 0.0682. The Hall–Kier alpha value is -3.48. The van der Waals surface area contributed by atoms with Gasteiger partial charge in [0.15, 0.2) is 0 Å². The highest BCUT2D eigenvalue weighted by Gasteiger charge is 2.20. The number of phenolic OH excluding ortho intramolecular Hbond substituents is 2. The van der Waals surface area contributed by atoms with E-state index in [0.29, 0.717) is 73.0 Å². The van der Waals surface area contributed by atoms with Gasteiger partial charge in [-0.05, 0) is 26.0 Å². The second kappa shape index (κ2) is 11.1. The molecule has 0 aromatic heterocycles. The van der Waals surface area contributed by atoms with E-state index in [0.717, 1.165) is 10.8 Å². The van der Waals surface area contributed by atoms with Gasteiger partial charge in [-0.15, -0.1) is 0 Å². The van der Waals surface area contributed by atoms with Gasteiger partial charge in [0.05, 0.1) is 13.2 Å². The molecule has 0 aliphatic heterocycles. The number of ether oxygens (including phenoxy) is 4. The van der Waals surface area contributed by atoms with E-state index in [1.54, 1.807) is 12.1 Å². The van der Waals surface area contributed by atoms with Gasteiger partial charge < -0.3 is 29.2 Å². The lowest BCUT2D eigenvalue weighted by Crippen LogP contribution is -2.07. The van der Waals surface area contributed by atoms with Gasteiger partial charge in [-0.25, -0.2) is 0 Å². The quantitative estimate of drug-likeness (QED) is 0.270. The Bertz CT molecular complexity index is 1170. The summed E-state index contributed by atoms with van der Waals surface area (Å²) in [6, 6.07) is 18.5. The molecule has 4 aromatic carbocycles. The van der Waals surface area contributed by atoms with Crippen molar-refractivity contribution in [2.24, 2.45) is 0 Å². The molecule has 0 atom stereocenters. The first kappa shape index (κ1) is 23.7. The van der Waals surface area contributed by atoms with Crippen LogP contribution in [0.4, 0.5) is 0 Å². The topological polar surface area (TPSA) is 77.4 Å². The van der Waals surface area contributed by atoms with Crippen molar-refractivity contribution in [2.45, 2.75) is 13.8 Å². The van der Waals surface area contributed by atoms with Gasteiger partial charge in [0.1, 0.15) is 36.2 Å². The molecule has 0 saturated heterocycles. The van der Waals surface area contributed by atoms with Crippen LogP contribution in [0.5, 0.6) is 23.0 Å². The van der Waals surface area contributed by atoms with Gasteiger partial charge in [-0.3, -0.25) is 0 Å². The van der Waals surface area contributed by atoms with Crippen molar-refractivity contribution >= 4 is 21.5 Å². The molecular weight excluding hydrogens is 432 g/mol. The van der Waals surface area contributed by atoms with Crippen LogP contribution >= 0.6 is 0 Å². The Labute approximate surface area is 199 Å². The zero-order chi connectivity index (χ0) is 23.9. The first-order valence-corrected chi connectivity index (χ1v) is 11.6. The number of benzene rings is 4. The van der Waals surface area contributed by atoms with E-state index in [9.17, 15) is 10.2 Å². The maximum atomic E-state index is 11.2. The minimum Gasteiger partial charge on any atom is -0.507 e. The molecule has 0 aliphatic carbocycles. The number of phenols is 2. The van der Waals surface area contributed by atoms with Crippen LogP contribution in [-0.4, -0.2) is 49.9 Å². The molecule has 34 heavy (non-hydrogen) atoms. The van der Waals surface area contributed by atoms with Crippen LogP contribution in [0.2, 0.25) is 0 Å². The number of aromatic hydroxyl groups is 2. The fourth-order valence-corrected chi connectivity index (χ4v) is 4.01. The molecule has 0 heterocycles. The Balaban J connectivity index is 1.84. The molecule has 4 aromatic rings. The summed E-state index contributed by atoms with van der Waals surface area (Å²) in [4.78, 5) is 0. The predicted molar refractivity (Wildman–Crippen MR) is 134 cm³/mol. The van der Waals surface area contributed by atoms with Gasteiger partial charge in [0, 0.05) is 45.9 Å². The molecular formula is C28H30O6. The molecule has 6 heteroatoms. The summed E-state index contributed by atoms with van der Waals surface area (Å²) in [7, 11) is 0. The van der Waals surface area contributed by atoms with Gasteiger partial charge in [-0.2, -0.15) is 0 Å². The number of hydrogen-bond donors (Lipinski definition) is 2. The zero-order valence-corrected chi connectivity index (χ0v) is 19.5. The average Bonchev–Trinajstić information content (AvgIpc) is 2.87. The first-order valence-electron chi connectivity index (χ1n) is 11.6. The van der Waals surface area contributed by atoms with Crippen LogP contribution in [0, 0.1) is 0 Å². The second-order valence-electron chi connectivity index (χ2n) is 7.72. The molecule has 0 aliphatic rings. The van der Waals surface area contributed by atoms with E-state index in [2.05, 4.69) is 0 Å². The summed E-state index contributed by atoms with van der Waals surface area (Å²) in [5.74, 6) is 1.35. The summed E-state index contributed by atoms with van der Waals surface area (Å²) in [6.07, 6.45) is 0. The molecule has 0 spiro atoms. The molecule has 6 nitrogen and oxygen atoms in total. The fraction of sp³-hybridized carbons (Fsp3) is 0.286. The summed E-state index contributed by atoms with van der Waals surface area (Å²) < 4.78 is 22.9. The maximum absolute atomic E-state index is 11.2. The highest BCUT2D eigenvalue weighted by Crippen LogP contribution is 2.48. The molecule has 0 fully saturated rings. The van der Waals surface area contributed by atoms with Crippen molar-refractivity contribution in [1.82, 2.24) is 0 Å². The molecule has 2 N–H and O–H groups in total.